The number of hydrogen-bond acceptors (Lipinski definition) is 3. The van der Waals surface area contributed by atoms with Crippen molar-refractivity contribution in [1.82, 2.24) is 4.98 Å². The van der Waals surface area contributed by atoms with Crippen LogP contribution in [-0.2, 0) is 16.0 Å². The summed E-state index contributed by atoms with van der Waals surface area (Å²) >= 11 is 0. The van der Waals surface area contributed by atoms with E-state index >= 15 is 0 Å². The molecule has 146 valence electrons. The van der Waals surface area contributed by atoms with Crippen molar-refractivity contribution in [3.8, 4) is 0 Å². The lowest BCUT2D eigenvalue weighted by Gasteiger charge is -2.33. The summed E-state index contributed by atoms with van der Waals surface area (Å²) in [7, 11) is 0. The molecule has 1 fully saturated rings. The van der Waals surface area contributed by atoms with E-state index in [2.05, 4.69) is 4.98 Å². The fourth-order valence-corrected chi connectivity index (χ4v) is 3.18. The summed E-state index contributed by atoms with van der Waals surface area (Å²) in [6.45, 7) is 1.04. The number of hydrogen-bond donors (Lipinski definition) is 0. The molecule has 0 aliphatic heterocycles. The third-order valence-electron chi connectivity index (χ3n) is 5.04. The number of ketones is 1. The van der Waals surface area contributed by atoms with E-state index < -0.39 is 29.6 Å². The molecule has 0 amide bonds. The summed E-state index contributed by atoms with van der Waals surface area (Å²) in [4.78, 5) is 16.8. The highest BCUT2D eigenvalue weighted by molar-refractivity contribution is 5.88. The molecule has 1 atom stereocenters. The number of rotatable bonds is 7. The minimum absolute atomic E-state index is 0.0596. The second kappa shape index (κ2) is 7.54. The molecule has 0 saturated heterocycles. The van der Waals surface area contributed by atoms with Crippen molar-refractivity contribution < 1.29 is 27.1 Å². The van der Waals surface area contributed by atoms with Crippen molar-refractivity contribution in [2.45, 2.75) is 51.3 Å². The molecule has 0 radical (unpaired) electrons. The first kappa shape index (κ1) is 19.7. The molecular weight excluding hydrogens is 362 g/mol. The smallest absolute Gasteiger partial charge is 0.377 e. The Hall–Kier alpha value is -2.02. The van der Waals surface area contributed by atoms with Gasteiger partial charge in [-0.05, 0) is 37.0 Å². The second-order valence-electron chi connectivity index (χ2n) is 7.47. The lowest BCUT2D eigenvalue weighted by molar-refractivity contribution is -0.176. The molecule has 3 nitrogen and oxygen atoms in total. The van der Waals surface area contributed by atoms with E-state index in [4.69, 9.17) is 4.74 Å². The molecule has 27 heavy (non-hydrogen) atoms. The summed E-state index contributed by atoms with van der Waals surface area (Å²) in [6, 6.07) is 6.03. The van der Waals surface area contributed by atoms with Gasteiger partial charge in [-0.25, -0.2) is 4.39 Å². The summed E-state index contributed by atoms with van der Waals surface area (Å²) < 4.78 is 58.4. The first-order chi connectivity index (χ1) is 12.7. The lowest BCUT2D eigenvalue weighted by atomic mass is 9.80. The molecule has 1 aliphatic rings. The Morgan fingerprint density at radius 1 is 1.30 bits per heavy atom. The number of nitrogens with zero attached hydrogens (tertiary/aromatic N) is 1. The van der Waals surface area contributed by atoms with Crippen molar-refractivity contribution in [1.29, 1.82) is 0 Å². The largest absolute Gasteiger partial charge is 0.390 e. The van der Waals surface area contributed by atoms with Gasteiger partial charge in [-0.3, -0.25) is 9.78 Å². The fraction of sp³-hybridized carbons (Fsp3) is 0.500. The Kier molecular flexibility index (Phi) is 5.51. The summed E-state index contributed by atoms with van der Waals surface area (Å²) in [5.74, 6) is -1.04. The first-order valence-electron chi connectivity index (χ1n) is 8.91. The van der Waals surface area contributed by atoms with Crippen molar-refractivity contribution in [3.05, 3.63) is 41.8 Å². The van der Waals surface area contributed by atoms with Gasteiger partial charge in [0.1, 0.15) is 17.1 Å². The van der Waals surface area contributed by atoms with Crippen molar-refractivity contribution in [2.75, 3.05) is 6.61 Å². The number of pyridine rings is 1. The molecule has 0 spiro atoms. The van der Waals surface area contributed by atoms with Crippen LogP contribution >= 0.6 is 0 Å². The number of aromatic nitrogens is 1. The Morgan fingerprint density at radius 3 is 2.67 bits per heavy atom. The average Bonchev–Trinajstić information content (AvgIpc) is 2.52. The normalized spacial score (nSPS) is 17.5. The van der Waals surface area contributed by atoms with Crippen molar-refractivity contribution >= 4 is 16.7 Å². The molecule has 1 unspecified atom stereocenters. The average molecular weight is 383 g/mol. The molecule has 1 aliphatic carbocycles. The number of benzene rings is 1. The standard InChI is InChI=1S/C20H21F4NO2/c1-19(11-20(22,23)24,12-27-15-5-3-6-15)17(26)9-13-8-14-4-2-7-16(21)18(14)25-10-13/h2,4,7-8,10,15H,3,5-6,9,11-12H2,1H3. The third kappa shape index (κ3) is 4.83. The van der Waals surface area contributed by atoms with E-state index in [1.54, 1.807) is 12.1 Å². The number of carbonyl (C=O) groups excluding carboxylic acids is 1. The highest BCUT2D eigenvalue weighted by Gasteiger charge is 2.44. The Bertz CT molecular complexity index is 832. The number of fused-ring (bicyclic) bond motifs is 1. The second-order valence-corrected chi connectivity index (χ2v) is 7.47. The zero-order valence-corrected chi connectivity index (χ0v) is 15.0. The van der Waals surface area contributed by atoms with E-state index in [9.17, 15) is 22.4 Å². The van der Waals surface area contributed by atoms with Crippen LogP contribution in [0.25, 0.3) is 10.9 Å². The van der Waals surface area contributed by atoms with Crippen LogP contribution in [0.1, 0.15) is 38.2 Å². The molecule has 0 bridgehead atoms. The van der Waals surface area contributed by atoms with Crippen LogP contribution in [0, 0.1) is 11.2 Å². The maximum atomic E-state index is 13.7. The van der Waals surface area contributed by atoms with Crippen LogP contribution in [0.4, 0.5) is 17.6 Å². The fourth-order valence-electron chi connectivity index (χ4n) is 3.18. The number of halogens is 4. The van der Waals surface area contributed by atoms with Crippen LogP contribution in [0.5, 0.6) is 0 Å². The van der Waals surface area contributed by atoms with Gasteiger partial charge in [-0.15, -0.1) is 0 Å². The molecular formula is C20H21F4NO2. The third-order valence-corrected chi connectivity index (χ3v) is 5.04. The molecule has 0 N–H and O–H groups in total. The van der Waals surface area contributed by atoms with Crippen LogP contribution in [0.15, 0.2) is 30.5 Å². The van der Waals surface area contributed by atoms with Gasteiger partial charge in [0.15, 0.2) is 0 Å². The maximum Gasteiger partial charge on any atom is 0.390 e. The molecule has 1 aromatic carbocycles. The summed E-state index contributed by atoms with van der Waals surface area (Å²) in [5.41, 5.74) is -1.04. The van der Waals surface area contributed by atoms with Gasteiger partial charge in [-0.2, -0.15) is 13.2 Å². The monoisotopic (exact) mass is 383 g/mol. The predicted molar refractivity (Wildman–Crippen MR) is 92.8 cm³/mol. The number of para-hydroxylation sites is 1. The van der Waals surface area contributed by atoms with Gasteiger partial charge in [0, 0.05) is 18.0 Å². The van der Waals surface area contributed by atoms with Gasteiger partial charge in [0.2, 0.25) is 0 Å². The summed E-state index contributed by atoms with van der Waals surface area (Å²) in [6.07, 6.45) is -2.01. The van der Waals surface area contributed by atoms with Crippen LogP contribution < -0.4 is 0 Å². The van der Waals surface area contributed by atoms with E-state index in [0.717, 1.165) is 19.3 Å². The van der Waals surface area contributed by atoms with Crippen LogP contribution in [0.3, 0.4) is 0 Å². The number of alkyl halides is 3. The minimum atomic E-state index is -4.47. The maximum absolute atomic E-state index is 13.7. The molecule has 2 aromatic rings. The van der Waals surface area contributed by atoms with Gasteiger partial charge in [-0.1, -0.05) is 19.1 Å². The number of ether oxygens (including phenoxy) is 1. The van der Waals surface area contributed by atoms with Gasteiger partial charge in [0.25, 0.3) is 0 Å². The Balaban J connectivity index is 1.78. The van der Waals surface area contributed by atoms with Crippen molar-refractivity contribution in [3.63, 3.8) is 0 Å². The topological polar surface area (TPSA) is 39.2 Å². The lowest BCUT2D eigenvalue weighted by Crippen LogP contribution is -2.40. The van der Waals surface area contributed by atoms with E-state index in [1.165, 1.54) is 25.3 Å². The molecule has 1 aromatic heterocycles. The zero-order chi connectivity index (χ0) is 19.7. The van der Waals surface area contributed by atoms with Crippen LogP contribution in [-0.4, -0.2) is 29.7 Å². The minimum Gasteiger partial charge on any atom is -0.377 e. The zero-order valence-electron chi connectivity index (χ0n) is 15.0. The highest BCUT2D eigenvalue weighted by atomic mass is 19.4. The molecule has 3 rings (SSSR count). The molecule has 1 saturated carbocycles. The first-order valence-corrected chi connectivity index (χ1v) is 8.91. The van der Waals surface area contributed by atoms with E-state index in [-0.39, 0.29) is 24.6 Å². The Morgan fingerprint density at radius 2 is 2.04 bits per heavy atom. The van der Waals surface area contributed by atoms with Gasteiger partial charge >= 0.3 is 6.18 Å². The SMILES string of the molecule is CC(COC1CCC1)(CC(F)(F)F)C(=O)Cc1cnc2c(F)cccc2c1. The quantitative estimate of drug-likeness (QED) is 0.631. The van der Waals surface area contributed by atoms with Gasteiger partial charge in [0.05, 0.1) is 24.5 Å². The number of carbonyl (C=O) groups is 1. The number of Topliss-reactive ketones (excluding diaryl/α,β-unsaturated/α-hetero) is 1. The highest BCUT2D eigenvalue weighted by Crippen LogP contribution is 2.37. The van der Waals surface area contributed by atoms with E-state index in [1.807, 2.05) is 0 Å². The van der Waals surface area contributed by atoms with Gasteiger partial charge < -0.3 is 4.74 Å². The summed E-state index contributed by atoms with van der Waals surface area (Å²) in [5, 5.41) is 0.503. The van der Waals surface area contributed by atoms with Crippen molar-refractivity contribution in [2.24, 2.45) is 5.41 Å². The van der Waals surface area contributed by atoms with E-state index in [0.29, 0.717) is 10.9 Å². The molecule has 7 heteroatoms. The Labute approximate surface area is 154 Å². The predicted octanol–water partition coefficient (Wildman–Crippen LogP) is 5.01. The van der Waals surface area contributed by atoms with Crippen LogP contribution in [0.2, 0.25) is 0 Å². The molecule has 1 heterocycles.